The van der Waals surface area contributed by atoms with Gasteiger partial charge in [0.2, 0.25) is 0 Å². The fraction of sp³-hybridized carbons (Fsp3) is 0.405. The molecule has 2 aromatic heterocycles. The van der Waals surface area contributed by atoms with Gasteiger partial charge in [-0.2, -0.15) is 0 Å². The van der Waals surface area contributed by atoms with Crippen molar-refractivity contribution in [2.45, 2.75) is 105 Å². The average Bonchev–Trinajstić information content (AvgIpc) is 3.44. The van der Waals surface area contributed by atoms with E-state index in [9.17, 15) is 9.90 Å². The Bertz CT molecular complexity index is 1980. The number of allylic oxidation sites excluding steroid dienone is 3. The number of hydrogen-bond acceptors (Lipinski definition) is 6. The fourth-order valence-corrected chi connectivity index (χ4v) is 7.66. The van der Waals surface area contributed by atoms with Crippen molar-refractivity contribution in [1.29, 1.82) is 0 Å². The van der Waals surface area contributed by atoms with Gasteiger partial charge < -0.3 is 5.11 Å². The van der Waals surface area contributed by atoms with Crippen LogP contribution in [0, 0.1) is 16.9 Å². The molecule has 1 radical (unpaired) electrons. The zero-order valence-electron chi connectivity index (χ0n) is 30.7. The second kappa shape index (κ2) is 16.5. The first-order chi connectivity index (χ1) is 22.6. The van der Waals surface area contributed by atoms with Crippen molar-refractivity contribution in [3.63, 3.8) is 0 Å². The van der Waals surface area contributed by atoms with Gasteiger partial charge in [0.15, 0.2) is 5.78 Å². The predicted molar refractivity (Wildman–Crippen MR) is 209 cm³/mol. The van der Waals surface area contributed by atoms with Crippen LogP contribution >= 0.6 is 23.1 Å². The number of rotatable bonds is 10. The molecule has 5 rings (SSSR count). The molecule has 7 heteroatoms. The molecule has 4 nitrogen and oxygen atoms in total. The van der Waals surface area contributed by atoms with E-state index < -0.39 is 0 Å². The van der Waals surface area contributed by atoms with E-state index in [-0.39, 0.29) is 47.9 Å². The zero-order chi connectivity index (χ0) is 35.4. The van der Waals surface area contributed by atoms with Crippen LogP contribution in [0.2, 0.25) is 0 Å². The van der Waals surface area contributed by atoms with Crippen LogP contribution in [0.1, 0.15) is 100 Å². The third kappa shape index (κ3) is 8.92. The van der Waals surface area contributed by atoms with Crippen LogP contribution in [0.4, 0.5) is 0 Å². The van der Waals surface area contributed by atoms with Crippen LogP contribution in [0.15, 0.2) is 83.1 Å². The average molecular weight is 872 g/mol. The van der Waals surface area contributed by atoms with E-state index in [4.69, 9.17) is 4.98 Å². The molecule has 0 unspecified atom stereocenters. The van der Waals surface area contributed by atoms with Crippen LogP contribution < -0.4 is 0 Å². The largest absolute Gasteiger partial charge is 0.512 e. The molecule has 0 saturated carbocycles. The maximum Gasteiger partial charge on any atom is 0.164 e. The van der Waals surface area contributed by atoms with Gasteiger partial charge in [-0.05, 0) is 55.1 Å². The van der Waals surface area contributed by atoms with E-state index in [0.29, 0.717) is 0 Å². The number of nitrogens with zero attached hydrogens (tertiary/aromatic N) is 2. The van der Waals surface area contributed by atoms with Crippen molar-refractivity contribution in [2.24, 2.45) is 10.8 Å². The summed E-state index contributed by atoms with van der Waals surface area (Å²) in [6, 6.07) is 20.9. The second-order valence-electron chi connectivity index (χ2n) is 14.3. The molecule has 3 aromatic carbocycles. The van der Waals surface area contributed by atoms with Crippen LogP contribution in [-0.2, 0) is 30.3 Å². The van der Waals surface area contributed by atoms with Crippen LogP contribution in [0.25, 0.3) is 42.3 Å². The minimum Gasteiger partial charge on any atom is -0.512 e. The van der Waals surface area contributed by atoms with Gasteiger partial charge in [0.25, 0.3) is 0 Å². The molecule has 0 bridgehead atoms. The Balaban J connectivity index is 0.000000312. The van der Waals surface area contributed by atoms with Crippen molar-refractivity contribution in [3.05, 3.63) is 89.8 Å². The standard InChI is InChI=1S/C27H23N2S2.C15H28O2.Ir/c1-16(2)30-19-10-11-21-23(14-19)31-26-24(28-15-29-25(21)26)18-12-17-8-6-7-9-20(17)22(13-18)27(3,4)5;1-7-14(5,8-2)12(16)11-13(17)15(6,9-3)10-4;/h6-11,13-15H,1H2,2-5H3;11,16H,7-10H2,1-6H3;/q-1;;/b;12-11-;. The number of carbonyl (C=O) groups excluding carboxylic acids is 1. The van der Waals surface area contributed by atoms with Gasteiger partial charge in [0.05, 0.1) is 5.52 Å². The SMILES string of the molecule is C=C(C)Sc1ccc2c(c1)sc1c(-c3[c-]c4ccccc4c(C(C)(C)C)c3)ncnc12.CCC(C)(CC)C(=O)/C=C(\O)C(C)(CC)CC.[Ir]. The molecule has 0 atom stereocenters. The summed E-state index contributed by atoms with van der Waals surface area (Å²) >= 11 is 3.45. The van der Waals surface area contributed by atoms with Crippen molar-refractivity contribution in [3.8, 4) is 11.3 Å². The van der Waals surface area contributed by atoms with Crippen LogP contribution in [0.3, 0.4) is 0 Å². The summed E-state index contributed by atoms with van der Waals surface area (Å²) in [5.41, 5.74) is 3.72. The van der Waals surface area contributed by atoms with E-state index in [1.54, 1.807) is 29.4 Å². The molecular weight excluding hydrogens is 821 g/mol. The Hall–Kier alpha value is -2.83. The summed E-state index contributed by atoms with van der Waals surface area (Å²) in [4.78, 5) is 23.8. The molecule has 0 aliphatic carbocycles. The number of aromatic nitrogens is 2. The second-order valence-corrected chi connectivity index (χ2v) is 16.7. The number of aliphatic hydroxyl groups excluding tert-OH is 1. The maximum atomic E-state index is 12.2. The summed E-state index contributed by atoms with van der Waals surface area (Å²) in [6.45, 7) is 24.9. The minimum atomic E-state index is -0.337. The van der Waals surface area contributed by atoms with Gasteiger partial charge in [-0.25, -0.2) is 4.98 Å². The molecule has 0 saturated heterocycles. The summed E-state index contributed by atoms with van der Waals surface area (Å²) < 4.78 is 2.33. The number of carbonyl (C=O) groups is 1. The summed E-state index contributed by atoms with van der Waals surface area (Å²) in [5.74, 6) is 0.286. The molecule has 2 heterocycles. The molecule has 5 aromatic rings. The summed E-state index contributed by atoms with van der Waals surface area (Å²) in [5, 5.41) is 13.7. The maximum absolute atomic E-state index is 12.2. The smallest absolute Gasteiger partial charge is 0.164 e. The Labute approximate surface area is 315 Å². The molecule has 0 fully saturated rings. The Morgan fingerprint density at radius 1 is 0.918 bits per heavy atom. The number of hydrogen-bond donors (Lipinski definition) is 1. The Morgan fingerprint density at radius 3 is 2.14 bits per heavy atom. The van der Waals surface area contributed by atoms with Gasteiger partial charge in [-0.15, -0.1) is 40.5 Å². The minimum absolute atomic E-state index is 0. The number of thiophene rings is 1. The number of fused-ring (bicyclic) bond motifs is 4. The van der Waals surface area contributed by atoms with Gasteiger partial charge in [-0.1, -0.05) is 116 Å². The molecule has 1 N–H and O–H groups in total. The molecule has 0 spiro atoms. The van der Waals surface area contributed by atoms with Crippen LogP contribution in [0.5, 0.6) is 0 Å². The zero-order valence-corrected chi connectivity index (χ0v) is 34.7. The van der Waals surface area contributed by atoms with Crippen molar-refractivity contribution in [2.75, 3.05) is 0 Å². The fourth-order valence-electron chi connectivity index (χ4n) is 5.67. The number of benzene rings is 3. The molecule has 0 amide bonds. The van der Waals surface area contributed by atoms with E-state index >= 15 is 0 Å². The van der Waals surface area contributed by atoms with Crippen molar-refractivity contribution >= 4 is 60.0 Å². The third-order valence-corrected chi connectivity index (χ3v) is 11.9. The molecule has 0 aliphatic heterocycles. The van der Waals surface area contributed by atoms with Crippen LogP contribution in [-0.4, -0.2) is 20.9 Å². The van der Waals surface area contributed by atoms with Gasteiger partial charge in [-0.3, -0.25) is 9.78 Å². The molecule has 0 aliphatic rings. The molecule has 263 valence electrons. The van der Waals surface area contributed by atoms with Crippen molar-refractivity contribution in [1.82, 2.24) is 9.97 Å². The molecular formula is C42H51IrN2O2S2-. The Kier molecular flexibility index (Phi) is 13.6. The number of aliphatic hydroxyl groups is 1. The quantitative estimate of drug-likeness (QED) is 0.0655. The van der Waals surface area contributed by atoms with Gasteiger partial charge >= 0.3 is 0 Å². The Morgan fingerprint density at radius 2 is 1.55 bits per heavy atom. The normalized spacial score (nSPS) is 12.5. The van der Waals surface area contributed by atoms with Gasteiger partial charge in [0.1, 0.15) is 12.1 Å². The first kappa shape index (κ1) is 40.6. The monoisotopic (exact) mass is 872 g/mol. The first-order valence-electron chi connectivity index (χ1n) is 17.0. The van der Waals surface area contributed by atoms with E-state index in [1.807, 2.05) is 48.5 Å². The third-order valence-electron chi connectivity index (χ3n) is 9.96. The topological polar surface area (TPSA) is 63.1 Å². The van der Waals surface area contributed by atoms with Gasteiger partial charge in [0, 0.05) is 62.4 Å². The molecule has 49 heavy (non-hydrogen) atoms. The summed E-state index contributed by atoms with van der Waals surface area (Å²) in [6.07, 6.45) is 6.43. The van der Waals surface area contributed by atoms with E-state index in [2.05, 4.69) is 86.9 Å². The van der Waals surface area contributed by atoms with E-state index in [1.165, 1.54) is 32.0 Å². The predicted octanol–water partition coefficient (Wildman–Crippen LogP) is 13.0. The van der Waals surface area contributed by atoms with Crippen molar-refractivity contribution < 1.29 is 30.0 Å². The number of thioether (sulfide) groups is 1. The first-order valence-corrected chi connectivity index (χ1v) is 18.7. The van der Waals surface area contributed by atoms with E-state index in [0.717, 1.165) is 57.4 Å². The number of ketones is 1. The summed E-state index contributed by atoms with van der Waals surface area (Å²) in [7, 11) is 0.